The second kappa shape index (κ2) is 23.5. The number of hydrogen-bond donors (Lipinski definition) is 0. The van der Waals surface area contributed by atoms with Crippen LogP contribution in [-0.4, -0.2) is 59.5 Å². The van der Waals surface area contributed by atoms with E-state index in [1.165, 1.54) is 0 Å². The van der Waals surface area contributed by atoms with Crippen molar-refractivity contribution in [3.05, 3.63) is 0 Å². The number of halogens is 3. The quantitative estimate of drug-likeness (QED) is 0.340. The maximum atomic E-state index is 10.6. The molecule has 0 N–H and O–H groups in total. The van der Waals surface area contributed by atoms with Gasteiger partial charge in [-0.25, -0.2) is 4.57 Å². The van der Waals surface area contributed by atoms with Crippen molar-refractivity contribution >= 4 is 82.9 Å². The summed E-state index contributed by atoms with van der Waals surface area (Å²) >= 11 is 4.94. The van der Waals surface area contributed by atoms with Crippen LogP contribution in [0.4, 0.5) is 9.59 Å². The molecular weight excluding hydrogens is 397 g/mol. The molecule has 0 fully saturated rings. The predicted octanol–water partition coefficient (Wildman–Crippen LogP) is -12.7. The summed E-state index contributed by atoms with van der Waals surface area (Å²) in [5.74, 6) is 0. The van der Waals surface area contributed by atoms with E-state index >= 15 is 0 Å². The molecule has 0 aromatic heterocycles. The third kappa shape index (κ3) is 25.2. The molecule has 0 aliphatic heterocycles. The van der Waals surface area contributed by atoms with Gasteiger partial charge in [0.15, 0.2) is 0 Å². The second-order valence-corrected chi connectivity index (χ2v) is 3.01. The zero-order valence-electron chi connectivity index (χ0n) is 9.85. The van der Waals surface area contributed by atoms with Crippen molar-refractivity contribution in [2.24, 2.45) is 0 Å². The van der Waals surface area contributed by atoms with Gasteiger partial charge in [-0.3, -0.25) is 0 Å². The minimum atomic E-state index is -4.87. The molecule has 0 aromatic carbocycles. The summed E-state index contributed by atoms with van der Waals surface area (Å²) in [6.45, 7) is 0. The standard InChI is InChI=1S/C2H2ClO8P.2ClH.K.3Na/c3-11-12(8,9-1(4)5)10-2(6)7;;;;;;/h(H,4,5)(H,6,7);2*1H;;;;/q;;;4*+1/p-4. The molecule has 0 aliphatic rings. The largest absolute Gasteiger partial charge is 1.00 e. The first kappa shape index (κ1) is 38.0. The van der Waals surface area contributed by atoms with Crippen molar-refractivity contribution in [3.8, 4) is 0 Å². The summed E-state index contributed by atoms with van der Waals surface area (Å²) in [4.78, 5) is 19.2. The average molecular weight is 397 g/mol. The molecule has 86 valence electrons. The molecular formula is C2Cl3KNa3O8P. The van der Waals surface area contributed by atoms with Crippen LogP contribution in [0.25, 0.3) is 0 Å². The van der Waals surface area contributed by atoms with Gasteiger partial charge in [-0.05, 0) is 0 Å². The van der Waals surface area contributed by atoms with Gasteiger partial charge in [0.05, 0.1) is 11.9 Å². The van der Waals surface area contributed by atoms with E-state index in [4.69, 9.17) is 3.76 Å². The van der Waals surface area contributed by atoms with Crippen LogP contribution < -0.4 is 111 Å². The first-order valence-corrected chi connectivity index (χ1v) is 8.55. The third-order valence-corrected chi connectivity index (χ3v) is 1.88. The number of phosphoric ester groups is 1. The van der Waals surface area contributed by atoms with Crippen LogP contribution in [0.15, 0.2) is 0 Å². The van der Waals surface area contributed by atoms with E-state index in [9.17, 15) is 24.4 Å². The molecule has 0 rings (SSSR count). The summed E-state index contributed by atoms with van der Waals surface area (Å²) in [6.07, 6.45) is -4.64. The van der Waals surface area contributed by atoms with Crippen LogP contribution in [0.1, 0.15) is 0 Å². The number of rotatable bonds is 3. The van der Waals surface area contributed by atoms with Crippen LogP contribution >= 0.6 is 23.5 Å². The number of phosphoric acid groups is 1. The van der Waals surface area contributed by atoms with E-state index in [0.717, 1.165) is 0 Å². The Morgan fingerprint density at radius 1 is 1.00 bits per heavy atom. The summed E-state index contributed by atoms with van der Waals surface area (Å²) in [5, 5.41) is 19.2. The minimum absolute atomic E-state index is 0. The maximum absolute atomic E-state index is 10.6. The van der Waals surface area contributed by atoms with Gasteiger partial charge in [0.1, 0.15) is 0 Å². The Balaban J connectivity index is -0.0000000569. The van der Waals surface area contributed by atoms with Crippen molar-refractivity contribution in [2.75, 3.05) is 0 Å². The summed E-state index contributed by atoms with van der Waals surface area (Å²) in [6, 6.07) is 0. The summed E-state index contributed by atoms with van der Waals surface area (Å²) < 4.78 is 25.2. The fourth-order valence-electron chi connectivity index (χ4n) is 0.229. The Bertz CT molecular complexity index is 238. The number of carboxylic acid groups (broad SMARTS) is 2. The first-order chi connectivity index (χ1) is 6.39. The van der Waals surface area contributed by atoms with E-state index in [0.29, 0.717) is 47.1 Å². The summed E-state index contributed by atoms with van der Waals surface area (Å²) in [7, 11) is -4.87. The normalized spacial score (nSPS) is 7.33. The molecule has 18 heavy (non-hydrogen) atoms. The van der Waals surface area contributed by atoms with Gasteiger partial charge in [-0.15, -0.1) is 0 Å². The van der Waals surface area contributed by atoms with Gasteiger partial charge in [0, 0.05) is 0 Å². The summed E-state index contributed by atoms with van der Waals surface area (Å²) in [5.41, 5.74) is 0. The topological polar surface area (TPSA) is 125 Å². The average Bonchev–Trinajstić information content (AvgIpc) is 2.05. The number of carbonyl (C=O) groups is 2. The molecule has 16 heteroatoms. The van der Waals surface area contributed by atoms with Gasteiger partial charge >= 0.3 is 147 Å². The molecule has 0 atom stereocenters. The smallest absolute Gasteiger partial charge is 1.00 e. The molecule has 0 aromatic rings. The van der Waals surface area contributed by atoms with Gasteiger partial charge < -0.3 is 41.3 Å². The predicted molar refractivity (Wildman–Crippen MR) is 39.1 cm³/mol. The molecule has 0 saturated carbocycles. The van der Waals surface area contributed by atoms with E-state index in [-0.39, 0.29) is 101 Å². The Labute approximate surface area is 216 Å². The molecule has 0 unspecified atom stereocenters. The molecule has 0 saturated heterocycles. The van der Waals surface area contributed by atoms with Crippen molar-refractivity contribution in [2.45, 2.75) is 0 Å². The monoisotopic (exact) mass is 396 g/mol. The maximum Gasteiger partial charge on any atom is 1.00 e. The Morgan fingerprint density at radius 3 is 1.33 bits per heavy atom. The molecule has 0 amide bonds. The minimum Gasteiger partial charge on any atom is 1.00 e. The van der Waals surface area contributed by atoms with Crippen LogP contribution in [-0.2, 0) is 17.7 Å². The Hall–Kier alpha value is 4.24. The second-order valence-electron chi connectivity index (χ2n) is 1.20. The third-order valence-electron chi connectivity index (χ3n) is 0.457. The van der Waals surface area contributed by atoms with Crippen molar-refractivity contribution in [1.82, 2.24) is 0 Å². The zero-order chi connectivity index (χ0) is 11.8. The fraction of sp³-hybridized carbons (Fsp3) is 0. The van der Waals surface area contributed by atoms with Crippen LogP contribution in [0.5, 0.6) is 0 Å². The van der Waals surface area contributed by atoms with E-state index < -0.39 is 20.1 Å². The Kier molecular flexibility index (Phi) is 49.7. The molecule has 0 aliphatic carbocycles. The molecule has 0 radical (unpaired) electrons. The van der Waals surface area contributed by atoms with Gasteiger partial charge in [0.2, 0.25) is 0 Å². The van der Waals surface area contributed by atoms with E-state index in [2.05, 4.69) is 25.0 Å². The zero-order valence-corrected chi connectivity index (χ0v) is 22.1. The van der Waals surface area contributed by atoms with Gasteiger partial charge in [-0.1, -0.05) is 0 Å². The van der Waals surface area contributed by atoms with Crippen LogP contribution in [0.3, 0.4) is 0 Å². The fourth-order valence-corrected chi connectivity index (χ4v) is 0.857. The SMILES string of the molecule is O=C([O-])OP(=O)(OCl)OC(=O)[O-].[Cl-].[Cl][K].[Na+].[Na+].[Na+]. The van der Waals surface area contributed by atoms with Crippen LogP contribution in [0, 0.1) is 0 Å². The van der Waals surface area contributed by atoms with Gasteiger partial charge in [0.25, 0.3) is 12.3 Å². The van der Waals surface area contributed by atoms with Crippen molar-refractivity contribution in [3.63, 3.8) is 0 Å². The number of carbonyl (C=O) groups excluding carboxylic acids is 2. The molecule has 8 nitrogen and oxygen atoms in total. The Morgan fingerprint density at radius 2 is 1.22 bits per heavy atom. The van der Waals surface area contributed by atoms with E-state index in [1.54, 1.807) is 0 Å². The molecule has 0 bridgehead atoms. The van der Waals surface area contributed by atoms with Crippen molar-refractivity contribution in [1.29, 1.82) is 0 Å². The number of hydrogen-bond acceptors (Lipinski definition) is 8. The van der Waals surface area contributed by atoms with Crippen LogP contribution in [0.2, 0.25) is 0 Å². The van der Waals surface area contributed by atoms with E-state index in [1.807, 2.05) is 0 Å². The molecule has 0 heterocycles. The van der Waals surface area contributed by atoms with Gasteiger partial charge in [-0.2, -0.15) is 4.08 Å². The van der Waals surface area contributed by atoms with Crippen molar-refractivity contribution < 1.29 is 139 Å². The molecule has 0 spiro atoms. The first-order valence-electron chi connectivity index (χ1n) is 2.49.